The number of amides is 1. The first-order valence-corrected chi connectivity index (χ1v) is 6.65. The number of aliphatic carboxylic acids is 1. The van der Waals surface area contributed by atoms with Gasteiger partial charge in [-0.2, -0.15) is 0 Å². The number of rotatable bonds is 6. The third-order valence-electron chi connectivity index (χ3n) is 3.68. The van der Waals surface area contributed by atoms with Gasteiger partial charge in [0.2, 0.25) is 0 Å². The molecule has 0 spiro atoms. The second-order valence-electron chi connectivity index (χ2n) is 5.63. The lowest BCUT2D eigenvalue weighted by molar-refractivity contribution is -0.383. The van der Waals surface area contributed by atoms with E-state index < -0.39 is 22.3 Å². The Bertz CT molecular complexity index is 614. The molecule has 120 valence electrons. The summed E-state index contributed by atoms with van der Waals surface area (Å²) in [6, 6.07) is 3.71. The summed E-state index contributed by atoms with van der Waals surface area (Å²) in [5.41, 5.74) is 4.15. The molecule has 1 aromatic rings. The Morgan fingerprint density at radius 1 is 1.45 bits per heavy atom. The molecule has 1 rings (SSSR count). The van der Waals surface area contributed by atoms with E-state index in [-0.39, 0.29) is 29.3 Å². The number of carbonyl (C=O) groups excluding carboxylic acids is 1. The largest absolute Gasteiger partial charge is 0.481 e. The summed E-state index contributed by atoms with van der Waals surface area (Å²) in [4.78, 5) is 33.4. The van der Waals surface area contributed by atoms with Crippen LogP contribution in [0.5, 0.6) is 0 Å². The number of carboxylic acids is 1. The average molecular weight is 309 g/mol. The minimum absolute atomic E-state index is 0.0429. The standard InChI is InChI=1S/C14H19N3O5/c1-8(2)14(3,7-12(18)19)16-13(20)9-4-5-10(15)11(6-9)17(21)22/h4-6,8H,7,15H2,1-3H3,(H,16,20)(H,18,19). The number of hydrogen-bond acceptors (Lipinski definition) is 5. The maximum Gasteiger partial charge on any atom is 0.305 e. The van der Waals surface area contributed by atoms with Crippen LogP contribution in [0.4, 0.5) is 11.4 Å². The van der Waals surface area contributed by atoms with Crippen LogP contribution in [-0.2, 0) is 4.79 Å². The van der Waals surface area contributed by atoms with E-state index in [1.54, 1.807) is 20.8 Å². The monoisotopic (exact) mass is 309 g/mol. The van der Waals surface area contributed by atoms with Gasteiger partial charge in [-0.3, -0.25) is 19.7 Å². The molecule has 0 aliphatic carbocycles. The molecule has 0 aromatic heterocycles. The molecular weight excluding hydrogens is 290 g/mol. The number of hydrogen-bond donors (Lipinski definition) is 3. The fourth-order valence-electron chi connectivity index (χ4n) is 1.88. The number of benzene rings is 1. The molecule has 0 bridgehead atoms. The van der Waals surface area contributed by atoms with Gasteiger partial charge >= 0.3 is 5.97 Å². The number of carboxylic acid groups (broad SMARTS) is 1. The molecule has 4 N–H and O–H groups in total. The summed E-state index contributed by atoms with van der Waals surface area (Å²) >= 11 is 0. The third kappa shape index (κ3) is 3.94. The molecule has 0 heterocycles. The molecule has 1 atom stereocenters. The quantitative estimate of drug-likeness (QED) is 0.416. The van der Waals surface area contributed by atoms with E-state index in [9.17, 15) is 19.7 Å². The maximum absolute atomic E-state index is 12.3. The van der Waals surface area contributed by atoms with Gasteiger partial charge in [-0.15, -0.1) is 0 Å². The van der Waals surface area contributed by atoms with Crippen molar-refractivity contribution in [3.05, 3.63) is 33.9 Å². The fourth-order valence-corrected chi connectivity index (χ4v) is 1.88. The summed E-state index contributed by atoms with van der Waals surface area (Å²) < 4.78 is 0. The van der Waals surface area contributed by atoms with Gasteiger partial charge in [0.15, 0.2) is 0 Å². The molecule has 8 nitrogen and oxygen atoms in total. The highest BCUT2D eigenvalue weighted by atomic mass is 16.6. The van der Waals surface area contributed by atoms with Gasteiger partial charge in [0, 0.05) is 11.6 Å². The summed E-state index contributed by atoms with van der Waals surface area (Å²) in [6.07, 6.45) is -0.256. The minimum atomic E-state index is -1.04. The van der Waals surface area contributed by atoms with Crippen molar-refractivity contribution < 1.29 is 19.6 Å². The maximum atomic E-state index is 12.3. The van der Waals surface area contributed by atoms with Crippen molar-refractivity contribution in [1.82, 2.24) is 5.32 Å². The first-order chi connectivity index (χ1) is 10.1. The highest BCUT2D eigenvalue weighted by Gasteiger charge is 2.33. The van der Waals surface area contributed by atoms with Crippen LogP contribution in [0.1, 0.15) is 37.6 Å². The molecule has 8 heteroatoms. The van der Waals surface area contributed by atoms with E-state index in [1.807, 2.05) is 0 Å². The molecule has 1 amide bonds. The predicted octanol–water partition coefficient (Wildman–Crippen LogP) is 1.80. The number of anilines is 1. The molecular formula is C14H19N3O5. The number of nitrogen functional groups attached to an aromatic ring is 1. The predicted molar refractivity (Wildman–Crippen MR) is 80.5 cm³/mol. The number of nitro groups is 1. The lowest BCUT2D eigenvalue weighted by atomic mass is 9.85. The average Bonchev–Trinajstić information content (AvgIpc) is 2.37. The van der Waals surface area contributed by atoms with Crippen molar-refractivity contribution in [2.24, 2.45) is 5.92 Å². The fraction of sp³-hybridized carbons (Fsp3) is 0.429. The van der Waals surface area contributed by atoms with Crippen LogP contribution in [0.3, 0.4) is 0 Å². The molecule has 0 saturated carbocycles. The van der Waals surface area contributed by atoms with Gasteiger partial charge in [-0.05, 0) is 25.0 Å². The first-order valence-electron chi connectivity index (χ1n) is 6.65. The number of carbonyl (C=O) groups is 2. The Morgan fingerprint density at radius 3 is 2.50 bits per heavy atom. The molecule has 1 unspecified atom stereocenters. The summed E-state index contributed by atoms with van der Waals surface area (Å²) in [5, 5.41) is 22.5. The second kappa shape index (κ2) is 6.42. The Kier molecular flexibility index (Phi) is 5.08. The van der Waals surface area contributed by atoms with Crippen LogP contribution in [0.15, 0.2) is 18.2 Å². The van der Waals surface area contributed by atoms with Crippen molar-refractivity contribution in [2.75, 3.05) is 5.73 Å². The van der Waals surface area contributed by atoms with Gasteiger partial charge in [-0.25, -0.2) is 0 Å². The normalized spacial score (nSPS) is 13.5. The molecule has 0 aliphatic rings. The Labute approximate surface area is 127 Å². The van der Waals surface area contributed by atoms with Gasteiger partial charge < -0.3 is 16.2 Å². The Hall–Kier alpha value is -2.64. The van der Waals surface area contributed by atoms with Gasteiger partial charge in [-0.1, -0.05) is 13.8 Å². The lowest BCUT2D eigenvalue weighted by Gasteiger charge is -2.33. The van der Waals surface area contributed by atoms with Crippen LogP contribution in [0, 0.1) is 16.0 Å². The highest BCUT2D eigenvalue weighted by molar-refractivity contribution is 5.96. The second-order valence-corrected chi connectivity index (χ2v) is 5.63. The zero-order valence-electron chi connectivity index (χ0n) is 12.6. The van der Waals surface area contributed by atoms with Crippen molar-refractivity contribution in [1.29, 1.82) is 0 Å². The molecule has 0 saturated heterocycles. The van der Waals surface area contributed by atoms with Crippen LogP contribution in [0.25, 0.3) is 0 Å². The first kappa shape index (κ1) is 17.4. The summed E-state index contributed by atoms with van der Waals surface area (Å²) in [5.74, 6) is -1.77. The van der Waals surface area contributed by atoms with Gasteiger partial charge in [0.25, 0.3) is 11.6 Å². The molecule has 22 heavy (non-hydrogen) atoms. The van der Waals surface area contributed by atoms with E-state index in [0.29, 0.717) is 0 Å². The van der Waals surface area contributed by atoms with E-state index in [0.717, 1.165) is 6.07 Å². The summed E-state index contributed by atoms with van der Waals surface area (Å²) in [7, 11) is 0. The Morgan fingerprint density at radius 2 is 2.05 bits per heavy atom. The van der Waals surface area contributed by atoms with Crippen molar-refractivity contribution in [3.63, 3.8) is 0 Å². The third-order valence-corrected chi connectivity index (χ3v) is 3.68. The molecule has 0 aliphatic heterocycles. The highest BCUT2D eigenvalue weighted by Crippen LogP contribution is 2.25. The van der Waals surface area contributed by atoms with Crippen LogP contribution in [0.2, 0.25) is 0 Å². The van der Waals surface area contributed by atoms with Crippen LogP contribution in [-0.4, -0.2) is 27.4 Å². The van der Waals surface area contributed by atoms with E-state index >= 15 is 0 Å². The molecule has 0 radical (unpaired) electrons. The zero-order valence-corrected chi connectivity index (χ0v) is 12.6. The van der Waals surface area contributed by atoms with Gasteiger partial charge in [0.05, 0.1) is 16.9 Å². The topological polar surface area (TPSA) is 136 Å². The van der Waals surface area contributed by atoms with Crippen LogP contribution >= 0.6 is 0 Å². The number of nitrogens with zero attached hydrogens (tertiary/aromatic N) is 1. The summed E-state index contributed by atoms with van der Waals surface area (Å²) in [6.45, 7) is 5.19. The molecule has 1 aromatic carbocycles. The van der Waals surface area contributed by atoms with Crippen molar-refractivity contribution in [3.8, 4) is 0 Å². The van der Waals surface area contributed by atoms with Gasteiger partial charge in [0.1, 0.15) is 5.69 Å². The zero-order chi connectivity index (χ0) is 17.1. The Balaban J connectivity index is 3.08. The number of nitrogens with two attached hydrogens (primary N) is 1. The van der Waals surface area contributed by atoms with E-state index in [2.05, 4.69) is 5.32 Å². The van der Waals surface area contributed by atoms with Crippen molar-refractivity contribution >= 4 is 23.3 Å². The van der Waals surface area contributed by atoms with Crippen molar-refractivity contribution in [2.45, 2.75) is 32.7 Å². The lowest BCUT2D eigenvalue weighted by Crippen LogP contribution is -2.51. The smallest absolute Gasteiger partial charge is 0.305 e. The van der Waals surface area contributed by atoms with E-state index in [4.69, 9.17) is 10.8 Å². The SMILES string of the molecule is CC(C)C(C)(CC(=O)O)NC(=O)c1ccc(N)c([N+](=O)[O-])c1. The van der Waals surface area contributed by atoms with E-state index in [1.165, 1.54) is 12.1 Å². The molecule has 0 fully saturated rings. The number of nitro benzene ring substituents is 1. The number of nitrogens with one attached hydrogen (secondary N) is 1. The minimum Gasteiger partial charge on any atom is -0.481 e. The van der Waals surface area contributed by atoms with Crippen LogP contribution < -0.4 is 11.1 Å².